The van der Waals surface area contributed by atoms with Crippen LogP contribution < -0.4 is 0 Å². The molecule has 1 atom stereocenters. The third-order valence-electron chi connectivity index (χ3n) is 1.33. The van der Waals surface area contributed by atoms with Crippen molar-refractivity contribution in [1.82, 2.24) is 0 Å². The summed E-state index contributed by atoms with van der Waals surface area (Å²) in [7, 11) is 1.70. The molecule has 0 saturated heterocycles. The van der Waals surface area contributed by atoms with Crippen LogP contribution in [0, 0.1) is 0 Å². The van der Waals surface area contributed by atoms with Gasteiger partial charge in [-0.15, -0.1) is 6.58 Å². The summed E-state index contributed by atoms with van der Waals surface area (Å²) in [4.78, 5) is 0. The predicted octanol–water partition coefficient (Wildman–Crippen LogP) is 1.61. The Morgan fingerprint density at radius 2 is 2.30 bits per heavy atom. The van der Waals surface area contributed by atoms with Crippen LogP contribution in [0.25, 0.3) is 0 Å². The molecule has 0 amide bonds. The molecule has 0 fully saturated rings. The van der Waals surface area contributed by atoms with E-state index in [4.69, 9.17) is 9.47 Å². The lowest BCUT2D eigenvalue weighted by molar-refractivity contribution is 0.0158. The highest BCUT2D eigenvalue weighted by Gasteiger charge is 2.01. The van der Waals surface area contributed by atoms with Crippen molar-refractivity contribution in [3.8, 4) is 0 Å². The zero-order valence-corrected chi connectivity index (χ0v) is 6.80. The Hall–Kier alpha value is -0.340. The average molecular weight is 144 g/mol. The van der Waals surface area contributed by atoms with Crippen LogP contribution >= 0.6 is 0 Å². The molecular formula is C8H16O2. The van der Waals surface area contributed by atoms with Gasteiger partial charge in [-0.25, -0.2) is 0 Å². The van der Waals surface area contributed by atoms with E-state index >= 15 is 0 Å². The van der Waals surface area contributed by atoms with Crippen molar-refractivity contribution in [2.75, 3.05) is 20.3 Å². The number of rotatable bonds is 6. The third kappa shape index (κ3) is 4.53. The van der Waals surface area contributed by atoms with Crippen LogP contribution in [-0.2, 0) is 9.47 Å². The monoisotopic (exact) mass is 144 g/mol. The lowest BCUT2D eigenvalue weighted by Crippen LogP contribution is -2.16. The molecule has 2 heteroatoms. The summed E-state index contributed by atoms with van der Waals surface area (Å²) in [5.74, 6) is 0. The molecule has 0 bridgehead atoms. The standard InChI is InChI=1S/C8H16O2/c1-4-6-10-7-8(5-2)9-3/h4,8H,1,5-7H2,2-3H3. The van der Waals surface area contributed by atoms with Gasteiger partial charge in [-0.1, -0.05) is 13.0 Å². The Bertz CT molecular complexity index is 77.3. The summed E-state index contributed by atoms with van der Waals surface area (Å²) in [6.45, 7) is 6.89. The van der Waals surface area contributed by atoms with E-state index in [1.54, 1.807) is 13.2 Å². The molecule has 0 heterocycles. The SMILES string of the molecule is C=CCOCC(CC)OC. The molecule has 0 aromatic rings. The lowest BCUT2D eigenvalue weighted by atomic mass is 10.3. The van der Waals surface area contributed by atoms with E-state index in [1.807, 2.05) is 0 Å². The predicted molar refractivity (Wildman–Crippen MR) is 42.1 cm³/mol. The molecule has 0 rings (SSSR count). The highest BCUT2D eigenvalue weighted by molar-refractivity contribution is 4.64. The minimum Gasteiger partial charge on any atom is -0.379 e. The molecule has 0 aliphatic rings. The van der Waals surface area contributed by atoms with Crippen molar-refractivity contribution in [2.24, 2.45) is 0 Å². The smallest absolute Gasteiger partial charge is 0.0802 e. The van der Waals surface area contributed by atoms with Crippen molar-refractivity contribution >= 4 is 0 Å². The van der Waals surface area contributed by atoms with Gasteiger partial charge in [0.2, 0.25) is 0 Å². The first-order chi connectivity index (χ1) is 4.85. The van der Waals surface area contributed by atoms with Gasteiger partial charge in [-0.05, 0) is 6.42 Å². The van der Waals surface area contributed by atoms with Crippen LogP contribution in [0.3, 0.4) is 0 Å². The average Bonchev–Trinajstić information content (AvgIpc) is 1.99. The molecule has 60 valence electrons. The zero-order valence-electron chi connectivity index (χ0n) is 6.80. The number of methoxy groups -OCH3 is 1. The van der Waals surface area contributed by atoms with Gasteiger partial charge in [0.1, 0.15) is 0 Å². The fourth-order valence-corrected chi connectivity index (χ4v) is 0.635. The van der Waals surface area contributed by atoms with Crippen LogP contribution in [0.2, 0.25) is 0 Å². The number of ether oxygens (including phenoxy) is 2. The Morgan fingerprint density at radius 1 is 1.60 bits per heavy atom. The molecule has 0 spiro atoms. The molecule has 1 unspecified atom stereocenters. The summed E-state index contributed by atoms with van der Waals surface area (Å²) in [6.07, 6.45) is 2.97. The maximum Gasteiger partial charge on any atom is 0.0802 e. The Balaban J connectivity index is 3.16. The second-order valence-corrected chi connectivity index (χ2v) is 2.09. The fraction of sp³-hybridized carbons (Fsp3) is 0.750. The van der Waals surface area contributed by atoms with Gasteiger partial charge in [-0.3, -0.25) is 0 Å². The van der Waals surface area contributed by atoms with Gasteiger partial charge in [0.25, 0.3) is 0 Å². The minimum absolute atomic E-state index is 0.236. The summed E-state index contributed by atoms with van der Waals surface area (Å²) in [5.41, 5.74) is 0. The topological polar surface area (TPSA) is 18.5 Å². The van der Waals surface area contributed by atoms with Gasteiger partial charge < -0.3 is 9.47 Å². The number of hydrogen-bond acceptors (Lipinski definition) is 2. The van der Waals surface area contributed by atoms with Gasteiger partial charge in [-0.2, -0.15) is 0 Å². The second kappa shape index (κ2) is 6.78. The van der Waals surface area contributed by atoms with Crippen molar-refractivity contribution in [2.45, 2.75) is 19.4 Å². The van der Waals surface area contributed by atoms with E-state index in [9.17, 15) is 0 Å². The van der Waals surface area contributed by atoms with E-state index in [1.165, 1.54) is 0 Å². The van der Waals surface area contributed by atoms with E-state index < -0.39 is 0 Å². The van der Waals surface area contributed by atoms with Crippen molar-refractivity contribution in [3.63, 3.8) is 0 Å². The van der Waals surface area contributed by atoms with E-state index in [-0.39, 0.29) is 6.10 Å². The molecule has 0 aliphatic carbocycles. The molecule has 0 aromatic carbocycles. The quantitative estimate of drug-likeness (QED) is 0.416. The van der Waals surface area contributed by atoms with Crippen LogP contribution in [0.15, 0.2) is 12.7 Å². The molecular weight excluding hydrogens is 128 g/mol. The first-order valence-corrected chi connectivity index (χ1v) is 3.56. The van der Waals surface area contributed by atoms with Crippen molar-refractivity contribution in [3.05, 3.63) is 12.7 Å². The van der Waals surface area contributed by atoms with Gasteiger partial charge in [0.15, 0.2) is 0 Å². The maximum atomic E-state index is 5.18. The Morgan fingerprint density at radius 3 is 2.70 bits per heavy atom. The van der Waals surface area contributed by atoms with E-state index in [0.717, 1.165) is 6.42 Å². The van der Waals surface area contributed by atoms with Gasteiger partial charge >= 0.3 is 0 Å². The summed E-state index contributed by atoms with van der Waals surface area (Å²) in [6, 6.07) is 0. The summed E-state index contributed by atoms with van der Waals surface area (Å²) >= 11 is 0. The van der Waals surface area contributed by atoms with Crippen molar-refractivity contribution in [1.29, 1.82) is 0 Å². The van der Waals surface area contributed by atoms with Crippen LogP contribution in [0.5, 0.6) is 0 Å². The first-order valence-electron chi connectivity index (χ1n) is 3.56. The molecule has 0 aliphatic heterocycles. The molecule has 0 radical (unpaired) electrons. The highest BCUT2D eigenvalue weighted by Crippen LogP contribution is 1.95. The van der Waals surface area contributed by atoms with Crippen molar-refractivity contribution < 1.29 is 9.47 Å². The van der Waals surface area contributed by atoms with Crippen LogP contribution in [0.4, 0.5) is 0 Å². The Kier molecular flexibility index (Phi) is 6.55. The van der Waals surface area contributed by atoms with Gasteiger partial charge in [0.05, 0.1) is 19.3 Å². The molecule has 10 heavy (non-hydrogen) atoms. The zero-order chi connectivity index (χ0) is 7.82. The number of hydrogen-bond donors (Lipinski definition) is 0. The minimum atomic E-state index is 0.236. The molecule has 2 nitrogen and oxygen atoms in total. The molecule has 0 N–H and O–H groups in total. The second-order valence-electron chi connectivity index (χ2n) is 2.09. The highest BCUT2D eigenvalue weighted by atomic mass is 16.5. The molecule has 0 aromatic heterocycles. The van der Waals surface area contributed by atoms with Gasteiger partial charge in [0, 0.05) is 7.11 Å². The normalized spacial score (nSPS) is 13.0. The molecule has 0 saturated carbocycles. The van der Waals surface area contributed by atoms with E-state index in [0.29, 0.717) is 13.2 Å². The fourth-order valence-electron chi connectivity index (χ4n) is 0.635. The lowest BCUT2D eigenvalue weighted by Gasteiger charge is -2.11. The Labute approximate surface area is 62.8 Å². The van der Waals surface area contributed by atoms with Crippen LogP contribution in [0.1, 0.15) is 13.3 Å². The van der Waals surface area contributed by atoms with Crippen LogP contribution in [-0.4, -0.2) is 26.4 Å². The summed E-state index contributed by atoms with van der Waals surface area (Å²) < 4.78 is 10.3. The largest absolute Gasteiger partial charge is 0.379 e. The van der Waals surface area contributed by atoms with E-state index in [2.05, 4.69) is 13.5 Å². The maximum absolute atomic E-state index is 5.18. The summed E-state index contributed by atoms with van der Waals surface area (Å²) in [5, 5.41) is 0. The first kappa shape index (κ1) is 9.66. The third-order valence-corrected chi connectivity index (χ3v) is 1.33.